The molecule has 4 rings (SSSR count). The Morgan fingerprint density at radius 2 is 1.89 bits per heavy atom. The molecule has 144 valence electrons. The predicted octanol–water partition coefficient (Wildman–Crippen LogP) is 5.32. The maximum atomic E-state index is 12.7. The van der Waals surface area contributed by atoms with Gasteiger partial charge in [0.25, 0.3) is 0 Å². The molecule has 0 spiro atoms. The molecule has 2 aromatic carbocycles. The standard InChI is InChI=1S/C22H21ClN2O2S/c23-17-9-7-15(8-10-17)19(26)11-12-21(27)25-13-3-4-16(14-25)22-24-18-5-1-2-6-20(18)28-22/h1-2,5-10,16H,3-4,11-14H2/t16-/m0/s1. The molecule has 4 nitrogen and oxygen atoms in total. The average molecular weight is 413 g/mol. The Morgan fingerprint density at radius 1 is 1.11 bits per heavy atom. The van der Waals surface area contributed by atoms with Crippen molar-refractivity contribution in [2.45, 2.75) is 31.6 Å². The second-order valence-corrected chi connectivity index (χ2v) is 8.63. The van der Waals surface area contributed by atoms with Gasteiger partial charge in [0.05, 0.1) is 15.2 Å². The normalized spacial score (nSPS) is 17.0. The lowest BCUT2D eigenvalue weighted by molar-refractivity contribution is -0.132. The lowest BCUT2D eigenvalue weighted by atomic mass is 9.98. The van der Waals surface area contributed by atoms with Gasteiger partial charge in [0.15, 0.2) is 5.78 Å². The molecule has 28 heavy (non-hydrogen) atoms. The highest BCUT2D eigenvalue weighted by molar-refractivity contribution is 7.18. The summed E-state index contributed by atoms with van der Waals surface area (Å²) in [7, 11) is 0. The molecule has 0 saturated carbocycles. The number of ketones is 1. The lowest BCUT2D eigenvalue weighted by Crippen LogP contribution is -2.39. The molecule has 1 atom stereocenters. The van der Waals surface area contributed by atoms with E-state index in [2.05, 4.69) is 6.07 Å². The number of fused-ring (bicyclic) bond motifs is 1. The van der Waals surface area contributed by atoms with Crippen LogP contribution < -0.4 is 0 Å². The molecule has 2 heterocycles. The molecule has 1 aliphatic rings. The minimum absolute atomic E-state index is 0.0234. The van der Waals surface area contributed by atoms with Gasteiger partial charge in [-0.15, -0.1) is 11.3 Å². The third kappa shape index (κ3) is 4.26. The summed E-state index contributed by atoms with van der Waals surface area (Å²) in [6.45, 7) is 1.45. The van der Waals surface area contributed by atoms with Crippen molar-refractivity contribution in [3.8, 4) is 0 Å². The van der Waals surface area contributed by atoms with Crippen LogP contribution >= 0.6 is 22.9 Å². The molecule has 1 aromatic heterocycles. The van der Waals surface area contributed by atoms with Gasteiger partial charge in [0, 0.05) is 42.4 Å². The molecular formula is C22H21ClN2O2S. The first kappa shape index (κ1) is 19.1. The largest absolute Gasteiger partial charge is 0.342 e. The Balaban J connectivity index is 1.36. The molecule has 0 aliphatic carbocycles. The average Bonchev–Trinajstić information content (AvgIpc) is 3.17. The lowest BCUT2D eigenvalue weighted by Gasteiger charge is -2.31. The Kier molecular flexibility index (Phi) is 5.74. The Bertz CT molecular complexity index is 966. The summed E-state index contributed by atoms with van der Waals surface area (Å²) in [5, 5.41) is 1.71. The van der Waals surface area contributed by atoms with Crippen LogP contribution in [0.5, 0.6) is 0 Å². The fraction of sp³-hybridized carbons (Fsp3) is 0.318. The second kappa shape index (κ2) is 8.41. The van der Waals surface area contributed by atoms with Crippen molar-refractivity contribution in [1.29, 1.82) is 0 Å². The number of piperidine rings is 1. The van der Waals surface area contributed by atoms with E-state index in [1.54, 1.807) is 35.6 Å². The minimum atomic E-state index is -0.0234. The van der Waals surface area contributed by atoms with E-state index in [-0.39, 0.29) is 30.4 Å². The summed E-state index contributed by atoms with van der Waals surface area (Å²) < 4.78 is 1.19. The van der Waals surface area contributed by atoms with Gasteiger partial charge in [0.1, 0.15) is 0 Å². The molecule has 3 aromatic rings. The van der Waals surface area contributed by atoms with E-state index in [0.29, 0.717) is 17.1 Å². The number of carbonyl (C=O) groups excluding carboxylic acids is 2. The zero-order chi connectivity index (χ0) is 19.5. The molecule has 0 unspecified atom stereocenters. The molecular weight excluding hydrogens is 392 g/mol. The number of amides is 1. The van der Waals surface area contributed by atoms with Crippen molar-refractivity contribution in [3.05, 3.63) is 64.1 Å². The van der Waals surface area contributed by atoms with Crippen LogP contribution in [0.2, 0.25) is 5.02 Å². The first-order valence-corrected chi connectivity index (χ1v) is 10.7. The predicted molar refractivity (Wildman–Crippen MR) is 113 cm³/mol. The number of hydrogen-bond donors (Lipinski definition) is 0. The van der Waals surface area contributed by atoms with Gasteiger partial charge in [-0.2, -0.15) is 0 Å². The van der Waals surface area contributed by atoms with Gasteiger partial charge in [-0.25, -0.2) is 4.98 Å². The monoisotopic (exact) mass is 412 g/mol. The molecule has 0 bridgehead atoms. The third-order valence-corrected chi connectivity index (χ3v) is 6.62. The molecule has 0 radical (unpaired) electrons. The van der Waals surface area contributed by atoms with Crippen molar-refractivity contribution < 1.29 is 9.59 Å². The van der Waals surface area contributed by atoms with E-state index in [1.807, 2.05) is 23.1 Å². The number of hydrogen-bond acceptors (Lipinski definition) is 4. The smallest absolute Gasteiger partial charge is 0.223 e. The molecule has 1 fully saturated rings. The number of carbonyl (C=O) groups is 2. The topological polar surface area (TPSA) is 50.3 Å². The van der Waals surface area contributed by atoms with E-state index in [1.165, 1.54) is 4.70 Å². The number of halogens is 1. The number of thiazole rings is 1. The molecule has 0 N–H and O–H groups in total. The highest BCUT2D eigenvalue weighted by atomic mass is 35.5. The number of benzene rings is 2. The van der Waals surface area contributed by atoms with Crippen LogP contribution in [0.25, 0.3) is 10.2 Å². The van der Waals surface area contributed by atoms with Crippen molar-refractivity contribution in [2.24, 2.45) is 0 Å². The second-order valence-electron chi connectivity index (χ2n) is 7.13. The van der Waals surface area contributed by atoms with Crippen LogP contribution in [0.1, 0.15) is 47.0 Å². The van der Waals surface area contributed by atoms with Gasteiger partial charge in [-0.3, -0.25) is 9.59 Å². The molecule has 1 saturated heterocycles. The van der Waals surface area contributed by atoms with Gasteiger partial charge < -0.3 is 4.90 Å². The van der Waals surface area contributed by atoms with Gasteiger partial charge >= 0.3 is 0 Å². The van der Waals surface area contributed by atoms with Crippen molar-refractivity contribution in [3.63, 3.8) is 0 Å². The van der Waals surface area contributed by atoms with Gasteiger partial charge in [0.2, 0.25) is 5.91 Å². The number of para-hydroxylation sites is 1. The van der Waals surface area contributed by atoms with Gasteiger partial charge in [-0.1, -0.05) is 23.7 Å². The summed E-state index contributed by atoms with van der Waals surface area (Å²) in [5.41, 5.74) is 1.63. The highest BCUT2D eigenvalue weighted by Crippen LogP contribution is 2.33. The first-order chi connectivity index (χ1) is 13.6. The fourth-order valence-electron chi connectivity index (χ4n) is 3.63. The van der Waals surface area contributed by atoms with Crippen LogP contribution in [0, 0.1) is 0 Å². The summed E-state index contributed by atoms with van der Waals surface area (Å²) in [4.78, 5) is 31.6. The number of nitrogens with zero attached hydrogens (tertiary/aromatic N) is 2. The van der Waals surface area contributed by atoms with E-state index < -0.39 is 0 Å². The first-order valence-electron chi connectivity index (χ1n) is 9.52. The summed E-state index contributed by atoms with van der Waals surface area (Å²) in [5.74, 6) is 0.306. The summed E-state index contributed by atoms with van der Waals surface area (Å²) >= 11 is 7.58. The summed E-state index contributed by atoms with van der Waals surface area (Å²) in [6.07, 6.45) is 2.49. The zero-order valence-corrected chi connectivity index (χ0v) is 17.0. The van der Waals surface area contributed by atoms with Crippen molar-refractivity contribution >= 4 is 44.8 Å². The Hall–Kier alpha value is -2.24. The molecule has 6 heteroatoms. The fourth-order valence-corrected chi connectivity index (χ4v) is 4.85. The van der Waals surface area contributed by atoms with Crippen molar-refractivity contribution in [2.75, 3.05) is 13.1 Å². The van der Waals surface area contributed by atoms with Gasteiger partial charge in [-0.05, 0) is 49.2 Å². The van der Waals surface area contributed by atoms with Crippen LogP contribution in [-0.4, -0.2) is 34.7 Å². The quantitative estimate of drug-likeness (QED) is 0.533. The highest BCUT2D eigenvalue weighted by Gasteiger charge is 2.27. The SMILES string of the molecule is O=C(CCC(=O)N1CCC[C@H](c2nc3ccccc3s2)C1)c1ccc(Cl)cc1. The number of rotatable bonds is 5. The van der Waals surface area contributed by atoms with E-state index in [9.17, 15) is 9.59 Å². The van der Waals surface area contributed by atoms with Crippen LogP contribution in [0.15, 0.2) is 48.5 Å². The third-order valence-electron chi connectivity index (χ3n) is 5.17. The summed E-state index contributed by atoms with van der Waals surface area (Å²) in [6, 6.07) is 15.0. The number of Topliss-reactive ketones (excluding diaryl/α,β-unsaturated/α-hetero) is 1. The zero-order valence-electron chi connectivity index (χ0n) is 15.4. The minimum Gasteiger partial charge on any atom is -0.342 e. The van der Waals surface area contributed by atoms with Crippen molar-refractivity contribution in [1.82, 2.24) is 9.88 Å². The van der Waals surface area contributed by atoms with Crippen LogP contribution in [0.4, 0.5) is 0 Å². The Morgan fingerprint density at radius 3 is 2.68 bits per heavy atom. The maximum absolute atomic E-state index is 12.7. The van der Waals surface area contributed by atoms with E-state index in [0.717, 1.165) is 29.9 Å². The maximum Gasteiger partial charge on any atom is 0.223 e. The number of aromatic nitrogens is 1. The van der Waals surface area contributed by atoms with Crippen LogP contribution in [0.3, 0.4) is 0 Å². The van der Waals surface area contributed by atoms with E-state index in [4.69, 9.17) is 16.6 Å². The van der Waals surface area contributed by atoms with Crippen LogP contribution in [-0.2, 0) is 4.79 Å². The van der Waals surface area contributed by atoms with E-state index >= 15 is 0 Å². The Labute approximate surface area is 173 Å². The number of likely N-dealkylation sites (tertiary alicyclic amines) is 1. The molecule has 1 amide bonds. The molecule has 1 aliphatic heterocycles.